The van der Waals surface area contributed by atoms with Crippen molar-refractivity contribution in [3.05, 3.63) is 51.5 Å². The predicted octanol–water partition coefficient (Wildman–Crippen LogP) is 5.85. The maximum absolute atomic E-state index is 12.7. The number of hydrogen-bond acceptors (Lipinski definition) is 6. The second kappa shape index (κ2) is 11.0. The van der Waals surface area contributed by atoms with Crippen molar-refractivity contribution >= 4 is 67.5 Å². The summed E-state index contributed by atoms with van der Waals surface area (Å²) in [5.41, 5.74) is 0.909. The van der Waals surface area contributed by atoms with Crippen LogP contribution in [-0.2, 0) is 10.0 Å². The summed E-state index contributed by atoms with van der Waals surface area (Å²) in [6, 6.07) is 10.8. The molecule has 3 aromatic rings. The molecule has 11 heteroatoms. The molecule has 0 saturated heterocycles. The number of nitrogens with zero attached hydrogens (tertiary/aromatic N) is 3. The maximum Gasteiger partial charge on any atom is 0.242 e. The van der Waals surface area contributed by atoms with Crippen molar-refractivity contribution < 1.29 is 8.42 Å². The highest BCUT2D eigenvalue weighted by Crippen LogP contribution is 2.35. The molecular weight excluding hydrogens is 529 g/mol. The van der Waals surface area contributed by atoms with Crippen LogP contribution >= 0.6 is 34.8 Å². The first-order chi connectivity index (χ1) is 16.7. The van der Waals surface area contributed by atoms with E-state index in [0.717, 1.165) is 48.9 Å². The Hall–Kier alpha value is -1.84. The molecule has 0 bridgehead atoms. The molecule has 1 fully saturated rings. The van der Waals surface area contributed by atoms with Crippen LogP contribution in [0.4, 0.5) is 11.8 Å². The van der Waals surface area contributed by atoms with Gasteiger partial charge in [0.15, 0.2) is 0 Å². The number of rotatable bonds is 8. The first-order valence-corrected chi connectivity index (χ1v) is 14.1. The zero-order chi connectivity index (χ0) is 25.2. The van der Waals surface area contributed by atoms with Gasteiger partial charge in [-0.15, -0.1) is 0 Å². The van der Waals surface area contributed by atoms with E-state index < -0.39 is 10.0 Å². The Labute approximate surface area is 221 Å². The number of benzene rings is 2. The summed E-state index contributed by atoms with van der Waals surface area (Å²) < 4.78 is 28.1. The Morgan fingerprint density at radius 2 is 1.57 bits per heavy atom. The molecule has 0 unspecified atom stereocenters. The molecule has 0 atom stereocenters. The minimum absolute atomic E-state index is 0.0392. The number of aromatic nitrogens is 2. The fourth-order valence-corrected chi connectivity index (χ4v) is 6.47. The van der Waals surface area contributed by atoms with Crippen LogP contribution in [0, 0.1) is 11.8 Å². The molecule has 188 valence electrons. The van der Waals surface area contributed by atoms with Crippen LogP contribution in [0.3, 0.4) is 0 Å². The lowest BCUT2D eigenvalue weighted by Crippen LogP contribution is -2.32. The number of halogens is 3. The van der Waals surface area contributed by atoms with E-state index in [4.69, 9.17) is 39.8 Å². The maximum atomic E-state index is 12.7. The number of nitrogens with one attached hydrogen (secondary N) is 2. The molecule has 0 radical (unpaired) electrons. The quantitative estimate of drug-likeness (QED) is 0.338. The molecule has 2 N–H and O–H groups in total. The number of fused-ring (bicyclic) bond motifs is 1. The van der Waals surface area contributed by atoms with Crippen molar-refractivity contribution in [2.45, 2.75) is 30.6 Å². The minimum Gasteiger partial charge on any atom is -0.362 e. The fraction of sp³-hybridized carbons (Fsp3) is 0.417. The topological polar surface area (TPSA) is 87.2 Å². The van der Waals surface area contributed by atoms with Crippen LogP contribution in [0.1, 0.15) is 25.7 Å². The van der Waals surface area contributed by atoms with E-state index in [0.29, 0.717) is 18.4 Å². The predicted molar refractivity (Wildman–Crippen MR) is 144 cm³/mol. The third-order valence-corrected chi connectivity index (χ3v) is 9.24. The van der Waals surface area contributed by atoms with Crippen molar-refractivity contribution in [1.82, 2.24) is 14.7 Å². The summed E-state index contributed by atoms with van der Waals surface area (Å²) in [7, 11) is 0.175. The molecule has 2 aromatic carbocycles. The molecular formula is C24H28Cl3N5O2S. The van der Waals surface area contributed by atoms with E-state index in [1.165, 1.54) is 12.1 Å². The number of anilines is 2. The second-order valence-electron chi connectivity index (χ2n) is 9.08. The third kappa shape index (κ3) is 6.12. The van der Waals surface area contributed by atoms with Gasteiger partial charge in [-0.2, -0.15) is 4.98 Å². The van der Waals surface area contributed by atoms with Crippen molar-refractivity contribution in [2.75, 3.05) is 37.4 Å². The number of para-hydroxylation sites is 1. The average molecular weight is 557 g/mol. The summed E-state index contributed by atoms with van der Waals surface area (Å²) in [6.45, 7) is 1.14. The zero-order valence-corrected chi connectivity index (χ0v) is 22.6. The van der Waals surface area contributed by atoms with Crippen molar-refractivity contribution in [3.63, 3.8) is 0 Å². The molecule has 0 amide bonds. The van der Waals surface area contributed by atoms with Gasteiger partial charge in [-0.1, -0.05) is 46.9 Å². The standard InChI is InChI=1S/C24H28Cl3N5O2S/c1-32(2)23-17-5-3-4-6-19(17)30-24(31-23)28-13-15-7-9-16(10-8-15)14-29-35(33,34)20-12-11-18(25)21(26)22(20)27/h3-6,11-12,15-16,29H,7-10,13-14H2,1-2H3,(H,28,30,31)/t15-,16-. The molecule has 1 aromatic heterocycles. The molecule has 0 spiro atoms. The second-order valence-corrected chi connectivity index (χ2v) is 12.0. The Bertz CT molecular complexity index is 1310. The van der Waals surface area contributed by atoms with Gasteiger partial charge in [0.2, 0.25) is 16.0 Å². The van der Waals surface area contributed by atoms with Gasteiger partial charge < -0.3 is 10.2 Å². The molecule has 1 heterocycles. The first-order valence-electron chi connectivity index (χ1n) is 11.5. The van der Waals surface area contributed by atoms with Crippen molar-refractivity contribution in [1.29, 1.82) is 0 Å². The SMILES string of the molecule is CN(C)c1nc(NC[C@H]2CC[C@H](CNS(=O)(=O)c3ccc(Cl)c(Cl)c3Cl)CC2)nc2ccccc12. The number of sulfonamides is 1. The molecule has 1 aliphatic rings. The molecule has 1 saturated carbocycles. The average Bonchev–Trinajstić information content (AvgIpc) is 2.84. The lowest BCUT2D eigenvalue weighted by atomic mass is 9.82. The van der Waals surface area contributed by atoms with Gasteiger partial charge in [-0.05, 0) is 61.8 Å². The largest absolute Gasteiger partial charge is 0.362 e. The molecule has 7 nitrogen and oxygen atoms in total. The van der Waals surface area contributed by atoms with Gasteiger partial charge >= 0.3 is 0 Å². The van der Waals surface area contributed by atoms with Crippen LogP contribution in [-0.4, -0.2) is 45.6 Å². The fourth-order valence-electron chi connectivity index (χ4n) is 4.38. The first kappa shape index (κ1) is 26.2. The van der Waals surface area contributed by atoms with E-state index in [1.54, 1.807) is 0 Å². The van der Waals surface area contributed by atoms with Crippen LogP contribution in [0.5, 0.6) is 0 Å². The van der Waals surface area contributed by atoms with Gasteiger partial charge in [0.1, 0.15) is 10.7 Å². The lowest BCUT2D eigenvalue weighted by molar-refractivity contribution is 0.284. The monoisotopic (exact) mass is 555 g/mol. The Balaban J connectivity index is 1.30. The van der Waals surface area contributed by atoms with Crippen molar-refractivity contribution in [2.24, 2.45) is 11.8 Å². The van der Waals surface area contributed by atoms with E-state index in [1.807, 2.05) is 43.3 Å². The molecule has 35 heavy (non-hydrogen) atoms. The van der Waals surface area contributed by atoms with Gasteiger partial charge in [0.25, 0.3) is 0 Å². The summed E-state index contributed by atoms with van der Waals surface area (Å²) >= 11 is 18.0. The lowest BCUT2D eigenvalue weighted by Gasteiger charge is -2.29. The highest BCUT2D eigenvalue weighted by atomic mass is 35.5. The summed E-state index contributed by atoms with van der Waals surface area (Å²) in [5.74, 6) is 2.25. The van der Waals surface area contributed by atoms with Gasteiger partial charge in [-0.3, -0.25) is 0 Å². The molecule has 4 rings (SSSR count). The normalized spacial score (nSPS) is 18.5. The summed E-state index contributed by atoms with van der Waals surface area (Å²) in [6.07, 6.45) is 3.87. The highest BCUT2D eigenvalue weighted by Gasteiger charge is 2.25. The van der Waals surface area contributed by atoms with Gasteiger partial charge in [-0.25, -0.2) is 18.1 Å². The molecule has 0 aliphatic heterocycles. The Morgan fingerprint density at radius 3 is 2.26 bits per heavy atom. The van der Waals surface area contributed by atoms with Crippen LogP contribution < -0.4 is 14.9 Å². The number of hydrogen-bond donors (Lipinski definition) is 2. The van der Waals surface area contributed by atoms with Crippen LogP contribution in [0.25, 0.3) is 10.9 Å². The summed E-state index contributed by atoms with van der Waals surface area (Å²) in [4.78, 5) is 11.3. The van der Waals surface area contributed by atoms with E-state index >= 15 is 0 Å². The van der Waals surface area contributed by atoms with Crippen LogP contribution in [0.2, 0.25) is 15.1 Å². The minimum atomic E-state index is -3.78. The van der Waals surface area contributed by atoms with E-state index in [9.17, 15) is 8.42 Å². The van der Waals surface area contributed by atoms with E-state index in [-0.39, 0.29) is 25.9 Å². The Kier molecular flexibility index (Phi) is 8.28. The van der Waals surface area contributed by atoms with Crippen molar-refractivity contribution in [3.8, 4) is 0 Å². The Morgan fingerprint density at radius 1 is 0.914 bits per heavy atom. The smallest absolute Gasteiger partial charge is 0.242 e. The van der Waals surface area contributed by atoms with Gasteiger partial charge in [0.05, 0.1) is 20.6 Å². The van der Waals surface area contributed by atoms with Gasteiger partial charge in [0, 0.05) is 32.6 Å². The highest BCUT2D eigenvalue weighted by molar-refractivity contribution is 7.89. The van der Waals surface area contributed by atoms with E-state index in [2.05, 4.69) is 15.0 Å². The summed E-state index contributed by atoms with van der Waals surface area (Å²) in [5, 5.41) is 4.63. The van der Waals surface area contributed by atoms with Crippen LogP contribution in [0.15, 0.2) is 41.3 Å². The molecule has 1 aliphatic carbocycles. The third-order valence-electron chi connectivity index (χ3n) is 6.37. The zero-order valence-electron chi connectivity index (χ0n) is 19.6.